The number of aromatic nitrogens is 2. The molecule has 0 aliphatic rings. The van der Waals surface area contributed by atoms with Crippen LogP contribution in [-0.4, -0.2) is 27.5 Å². The maximum absolute atomic E-state index is 12.8. The summed E-state index contributed by atoms with van der Waals surface area (Å²) in [5.74, 6) is 0.487. The van der Waals surface area contributed by atoms with Gasteiger partial charge in [-0.05, 0) is 18.2 Å². The fraction of sp³-hybridized carbons (Fsp3) is 0.105. The summed E-state index contributed by atoms with van der Waals surface area (Å²) in [6.07, 6.45) is 1.62. The molecule has 3 rings (SSSR count). The molecule has 1 heterocycles. The molecule has 0 aliphatic carbocycles. The van der Waals surface area contributed by atoms with Gasteiger partial charge in [-0.25, -0.2) is 0 Å². The maximum atomic E-state index is 12.8. The smallest absolute Gasteiger partial charge is 0.256 e. The first-order valence-corrected chi connectivity index (χ1v) is 8.57. The molecule has 0 atom stereocenters. The highest BCUT2D eigenvalue weighted by Gasteiger charge is 2.21. The van der Waals surface area contributed by atoms with Gasteiger partial charge in [0.2, 0.25) is 11.7 Å². The van der Waals surface area contributed by atoms with E-state index in [1.165, 1.54) is 11.0 Å². The van der Waals surface area contributed by atoms with Gasteiger partial charge in [0.25, 0.3) is 5.91 Å². The van der Waals surface area contributed by atoms with Crippen molar-refractivity contribution in [2.75, 3.05) is 6.54 Å². The van der Waals surface area contributed by atoms with E-state index in [-0.39, 0.29) is 12.5 Å². The molecule has 0 unspecified atom stereocenters. The van der Waals surface area contributed by atoms with Gasteiger partial charge in [0, 0.05) is 17.1 Å². The molecule has 0 bridgehead atoms. The molecule has 0 aliphatic heterocycles. The highest BCUT2D eigenvalue weighted by Crippen LogP contribution is 2.23. The molecule has 2 aromatic carbocycles. The molecule has 0 saturated carbocycles. The van der Waals surface area contributed by atoms with E-state index >= 15 is 0 Å². The van der Waals surface area contributed by atoms with Crippen LogP contribution in [0.1, 0.15) is 16.2 Å². The first kappa shape index (κ1) is 18.2. The predicted octanol–water partition coefficient (Wildman–Crippen LogP) is 4.87. The molecule has 132 valence electrons. The number of hydrogen-bond donors (Lipinski definition) is 0. The minimum Gasteiger partial charge on any atom is -0.337 e. The van der Waals surface area contributed by atoms with Crippen LogP contribution in [0.2, 0.25) is 10.0 Å². The average molecular weight is 388 g/mol. The first-order chi connectivity index (χ1) is 12.6. The minimum atomic E-state index is -0.295. The summed E-state index contributed by atoms with van der Waals surface area (Å²) < 4.78 is 5.29. The van der Waals surface area contributed by atoms with Crippen LogP contribution in [0.3, 0.4) is 0 Å². The fourth-order valence-electron chi connectivity index (χ4n) is 2.39. The third-order valence-electron chi connectivity index (χ3n) is 3.62. The van der Waals surface area contributed by atoms with Crippen molar-refractivity contribution in [3.63, 3.8) is 0 Å². The second kappa shape index (κ2) is 8.17. The van der Waals surface area contributed by atoms with E-state index in [2.05, 4.69) is 16.7 Å². The molecule has 26 heavy (non-hydrogen) atoms. The first-order valence-electron chi connectivity index (χ1n) is 7.81. The zero-order valence-corrected chi connectivity index (χ0v) is 15.2. The molecule has 0 fully saturated rings. The molecule has 1 aromatic heterocycles. The van der Waals surface area contributed by atoms with Gasteiger partial charge in [0.1, 0.15) is 6.54 Å². The number of rotatable bonds is 6. The molecular formula is C19H15Cl2N3O2. The zero-order valence-electron chi connectivity index (χ0n) is 13.7. The number of carbonyl (C=O) groups is 1. The predicted molar refractivity (Wildman–Crippen MR) is 101 cm³/mol. The van der Waals surface area contributed by atoms with Crippen molar-refractivity contribution in [2.24, 2.45) is 0 Å². The Morgan fingerprint density at radius 1 is 1.19 bits per heavy atom. The Bertz CT molecular complexity index is 926. The molecular weight excluding hydrogens is 373 g/mol. The van der Waals surface area contributed by atoms with E-state index in [1.807, 2.05) is 30.3 Å². The van der Waals surface area contributed by atoms with Crippen molar-refractivity contribution < 1.29 is 9.32 Å². The summed E-state index contributed by atoms with van der Waals surface area (Å²) in [5.41, 5.74) is 1.14. The van der Waals surface area contributed by atoms with Crippen LogP contribution in [0.4, 0.5) is 0 Å². The summed E-state index contributed by atoms with van der Waals surface area (Å²) >= 11 is 12.1. The van der Waals surface area contributed by atoms with Crippen molar-refractivity contribution in [1.82, 2.24) is 15.0 Å². The van der Waals surface area contributed by atoms with Gasteiger partial charge in [-0.15, -0.1) is 6.58 Å². The SMILES string of the molecule is C=CCN(Cc1nc(-c2ccccc2)no1)C(=O)c1cc(Cl)ccc1Cl. The van der Waals surface area contributed by atoms with E-state index in [4.69, 9.17) is 27.7 Å². The quantitative estimate of drug-likeness (QED) is 0.566. The summed E-state index contributed by atoms with van der Waals surface area (Å²) in [5, 5.41) is 4.72. The lowest BCUT2D eigenvalue weighted by molar-refractivity contribution is 0.0745. The Labute approximate surface area is 160 Å². The van der Waals surface area contributed by atoms with Gasteiger partial charge in [-0.3, -0.25) is 4.79 Å². The van der Waals surface area contributed by atoms with Gasteiger partial charge in [0.15, 0.2) is 0 Å². The second-order valence-electron chi connectivity index (χ2n) is 5.48. The molecule has 1 amide bonds. The van der Waals surface area contributed by atoms with Crippen molar-refractivity contribution in [1.29, 1.82) is 0 Å². The average Bonchev–Trinajstić information content (AvgIpc) is 3.12. The number of halogens is 2. The molecule has 3 aromatic rings. The Morgan fingerprint density at radius 3 is 2.69 bits per heavy atom. The van der Waals surface area contributed by atoms with Gasteiger partial charge in [-0.1, -0.05) is 64.8 Å². The minimum absolute atomic E-state index is 0.132. The van der Waals surface area contributed by atoms with Crippen LogP contribution < -0.4 is 0 Å². The highest BCUT2D eigenvalue weighted by atomic mass is 35.5. The van der Waals surface area contributed by atoms with Crippen LogP contribution in [0.15, 0.2) is 65.7 Å². The van der Waals surface area contributed by atoms with Crippen molar-refractivity contribution in [3.05, 3.63) is 82.7 Å². The van der Waals surface area contributed by atoms with E-state index in [9.17, 15) is 4.79 Å². The largest absolute Gasteiger partial charge is 0.337 e. The number of benzene rings is 2. The zero-order chi connectivity index (χ0) is 18.5. The maximum Gasteiger partial charge on any atom is 0.256 e. The Hall–Kier alpha value is -2.63. The number of hydrogen-bond acceptors (Lipinski definition) is 4. The Balaban J connectivity index is 1.83. The Morgan fingerprint density at radius 2 is 1.96 bits per heavy atom. The summed E-state index contributed by atoms with van der Waals surface area (Å²) in [7, 11) is 0. The van der Waals surface area contributed by atoms with Crippen LogP contribution in [0, 0.1) is 0 Å². The van der Waals surface area contributed by atoms with Crippen molar-refractivity contribution in [3.8, 4) is 11.4 Å². The number of amides is 1. The second-order valence-corrected chi connectivity index (χ2v) is 6.32. The van der Waals surface area contributed by atoms with E-state index < -0.39 is 0 Å². The highest BCUT2D eigenvalue weighted by molar-refractivity contribution is 6.35. The van der Waals surface area contributed by atoms with Gasteiger partial charge in [-0.2, -0.15) is 4.98 Å². The number of carbonyl (C=O) groups excluding carboxylic acids is 1. The molecule has 5 nitrogen and oxygen atoms in total. The van der Waals surface area contributed by atoms with Crippen molar-refractivity contribution in [2.45, 2.75) is 6.54 Å². The van der Waals surface area contributed by atoms with E-state index in [0.29, 0.717) is 33.9 Å². The standard InChI is InChI=1S/C19H15Cl2N3O2/c1-2-10-24(19(25)15-11-14(20)8-9-16(15)21)12-17-22-18(23-26-17)13-6-4-3-5-7-13/h2-9,11H,1,10,12H2. The Kier molecular flexibility index (Phi) is 5.71. The van der Waals surface area contributed by atoms with Crippen molar-refractivity contribution >= 4 is 29.1 Å². The topological polar surface area (TPSA) is 59.2 Å². The van der Waals surface area contributed by atoms with Crippen LogP contribution >= 0.6 is 23.2 Å². The molecule has 0 radical (unpaired) electrons. The molecule has 0 N–H and O–H groups in total. The molecule has 0 saturated heterocycles. The summed E-state index contributed by atoms with van der Waals surface area (Å²) in [6.45, 7) is 4.12. The van der Waals surface area contributed by atoms with E-state index in [0.717, 1.165) is 5.56 Å². The third-order valence-corrected chi connectivity index (χ3v) is 4.19. The van der Waals surface area contributed by atoms with Gasteiger partial charge in [0.05, 0.1) is 10.6 Å². The van der Waals surface area contributed by atoms with Gasteiger partial charge >= 0.3 is 0 Å². The normalized spacial score (nSPS) is 10.5. The third kappa shape index (κ3) is 4.12. The van der Waals surface area contributed by atoms with Gasteiger partial charge < -0.3 is 9.42 Å². The lowest BCUT2D eigenvalue weighted by Crippen LogP contribution is -2.31. The lowest BCUT2D eigenvalue weighted by atomic mass is 10.2. The fourth-order valence-corrected chi connectivity index (χ4v) is 2.76. The van der Waals surface area contributed by atoms with Crippen LogP contribution in [-0.2, 0) is 6.54 Å². The monoisotopic (exact) mass is 387 g/mol. The molecule has 7 heteroatoms. The lowest BCUT2D eigenvalue weighted by Gasteiger charge is -2.19. The summed E-state index contributed by atoms with van der Waals surface area (Å²) in [6, 6.07) is 14.2. The van der Waals surface area contributed by atoms with Crippen LogP contribution in [0.5, 0.6) is 0 Å². The molecule has 0 spiro atoms. The van der Waals surface area contributed by atoms with E-state index in [1.54, 1.807) is 18.2 Å². The number of nitrogens with zero attached hydrogens (tertiary/aromatic N) is 3. The van der Waals surface area contributed by atoms with Crippen LogP contribution in [0.25, 0.3) is 11.4 Å². The summed E-state index contributed by atoms with van der Waals surface area (Å²) in [4.78, 5) is 18.7.